The number of aliphatic carboxylic acids is 1. The van der Waals surface area contributed by atoms with Gasteiger partial charge in [-0.25, -0.2) is 9.18 Å². The fraction of sp³-hybridized carbons (Fsp3) is 0.438. The van der Waals surface area contributed by atoms with E-state index >= 15 is 0 Å². The summed E-state index contributed by atoms with van der Waals surface area (Å²) in [7, 11) is 0. The zero-order chi connectivity index (χ0) is 16.6. The lowest BCUT2D eigenvalue weighted by Crippen LogP contribution is -2.47. The molecule has 1 saturated heterocycles. The molecule has 2 N–H and O–H groups in total. The average Bonchev–Trinajstić information content (AvgIpc) is 3.08. The highest BCUT2D eigenvalue weighted by Gasteiger charge is 2.50. The van der Waals surface area contributed by atoms with E-state index in [-0.39, 0.29) is 24.1 Å². The van der Waals surface area contributed by atoms with Gasteiger partial charge in [0.2, 0.25) is 0 Å². The molecule has 1 aromatic carbocycles. The molecule has 3 rings (SSSR count). The van der Waals surface area contributed by atoms with Gasteiger partial charge in [-0.1, -0.05) is 18.6 Å². The second-order valence-electron chi connectivity index (χ2n) is 6.03. The van der Waals surface area contributed by atoms with Crippen LogP contribution in [0.3, 0.4) is 0 Å². The number of carboxylic acids is 1. The summed E-state index contributed by atoms with van der Waals surface area (Å²) in [4.78, 5) is 37.0. The minimum Gasteiger partial charge on any atom is -0.480 e. The Hall–Kier alpha value is -2.44. The smallest absolute Gasteiger partial charge is 0.326 e. The van der Waals surface area contributed by atoms with Crippen molar-refractivity contribution in [3.63, 3.8) is 0 Å². The van der Waals surface area contributed by atoms with Gasteiger partial charge in [-0.15, -0.1) is 0 Å². The lowest BCUT2D eigenvalue weighted by atomic mass is 9.94. The maximum absolute atomic E-state index is 13.5. The third-order valence-electron chi connectivity index (χ3n) is 4.72. The Morgan fingerprint density at radius 3 is 2.65 bits per heavy atom. The minimum atomic E-state index is -1.09. The van der Waals surface area contributed by atoms with Crippen LogP contribution in [0.1, 0.15) is 19.3 Å². The molecule has 2 amide bonds. The molecular formula is C16H17FN2O4. The number of nitrogens with zero attached hydrogens (tertiary/aromatic N) is 1. The van der Waals surface area contributed by atoms with Crippen molar-refractivity contribution in [2.75, 3.05) is 11.9 Å². The minimum absolute atomic E-state index is 0.0993. The van der Waals surface area contributed by atoms with Crippen LogP contribution in [-0.2, 0) is 14.4 Å². The first-order valence-corrected chi connectivity index (χ1v) is 7.58. The molecule has 0 bridgehead atoms. The van der Waals surface area contributed by atoms with Crippen molar-refractivity contribution in [2.24, 2.45) is 11.8 Å². The number of anilines is 1. The van der Waals surface area contributed by atoms with Gasteiger partial charge in [-0.05, 0) is 36.8 Å². The number of likely N-dealkylation sites (tertiary alicyclic amines) is 1. The number of amides is 2. The van der Waals surface area contributed by atoms with Crippen molar-refractivity contribution in [1.82, 2.24) is 4.90 Å². The SMILES string of the molecule is O=C(Nc1ccccc1F)C(=O)N1CC2CCCC2C1C(=O)O. The molecule has 23 heavy (non-hydrogen) atoms. The average molecular weight is 320 g/mol. The maximum Gasteiger partial charge on any atom is 0.326 e. The third kappa shape index (κ3) is 2.78. The van der Waals surface area contributed by atoms with E-state index in [9.17, 15) is 23.9 Å². The molecule has 1 aliphatic carbocycles. The summed E-state index contributed by atoms with van der Waals surface area (Å²) in [6.07, 6.45) is 2.57. The first-order valence-electron chi connectivity index (χ1n) is 7.58. The van der Waals surface area contributed by atoms with Gasteiger partial charge in [0.05, 0.1) is 5.69 Å². The number of rotatable bonds is 2. The second-order valence-corrected chi connectivity index (χ2v) is 6.03. The van der Waals surface area contributed by atoms with E-state index < -0.39 is 29.6 Å². The summed E-state index contributed by atoms with van der Waals surface area (Å²) >= 11 is 0. The topological polar surface area (TPSA) is 86.7 Å². The van der Waals surface area contributed by atoms with Crippen LogP contribution in [0.5, 0.6) is 0 Å². The molecule has 6 nitrogen and oxygen atoms in total. The van der Waals surface area contributed by atoms with Crippen LogP contribution in [0, 0.1) is 17.7 Å². The van der Waals surface area contributed by atoms with Gasteiger partial charge in [-0.2, -0.15) is 0 Å². The highest BCUT2D eigenvalue weighted by atomic mass is 19.1. The predicted octanol–water partition coefficient (Wildman–Crippen LogP) is 1.48. The van der Waals surface area contributed by atoms with Crippen molar-refractivity contribution in [3.8, 4) is 0 Å². The summed E-state index contributed by atoms with van der Waals surface area (Å²) < 4.78 is 13.5. The van der Waals surface area contributed by atoms with E-state index in [0.29, 0.717) is 0 Å². The summed E-state index contributed by atoms with van der Waals surface area (Å²) in [5.41, 5.74) is -0.0999. The number of hydrogen-bond acceptors (Lipinski definition) is 3. The van der Waals surface area contributed by atoms with E-state index in [2.05, 4.69) is 5.32 Å². The molecule has 1 heterocycles. The number of halogens is 1. The number of carboxylic acid groups (broad SMARTS) is 1. The van der Waals surface area contributed by atoms with Crippen molar-refractivity contribution < 1.29 is 23.9 Å². The molecule has 1 aliphatic heterocycles. The fourth-order valence-electron chi connectivity index (χ4n) is 3.70. The molecule has 3 atom stereocenters. The van der Waals surface area contributed by atoms with Crippen molar-refractivity contribution >= 4 is 23.5 Å². The molecule has 0 radical (unpaired) electrons. The number of hydrogen-bond donors (Lipinski definition) is 2. The summed E-state index contributed by atoms with van der Waals surface area (Å²) in [6.45, 7) is 0.269. The van der Waals surface area contributed by atoms with E-state index in [1.165, 1.54) is 24.3 Å². The number of fused-ring (bicyclic) bond motifs is 1. The van der Waals surface area contributed by atoms with E-state index in [1.807, 2.05) is 0 Å². The van der Waals surface area contributed by atoms with Gasteiger partial charge in [0.1, 0.15) is 11.9 Å². The number of benzene rings is 1. The molecule has 0 aromatic heterocycles. The molecule has 0 spiro atoms. The molecule has 1 aromatic rings. The Kier molecular flexibility index (Phi) is 4.02. The largest absolute Gasteiger partial charge is 0.480 e. The molecule has 1 saturated carbocycles. The Bertz CT molecular complexity index is 663. The van der Waals surface area contributed by atoms with Gasteiger partial charge in [0.15, 0.2) is 0 Å². The molecule has 2 fully saturated rings. The van der Waals surface area contributed by atoms with E-state index in [1.54, 1.807) is 0 Å². The number of carbonyl (C=O) groups is 3. The maximum atomic E-state index is 13.5. The quantitative estimate of drug-likeness (QED) is 0.808. The van der Waals surface area contributed by atoms with Crippen molar-refractivity contribution in [3.05, 3.63) is 30.1 Å². The zero-order valence-corrected chi connectivity index (χ0v) is 12.4. The van der Waals surface area contributed by atoms with Crippen LogP contribution in [0.25, 0.3) is 0 Å². The van der Waals surface area contributed by atoms with Gasteiger partial charge < -0.3 is 15.3 Å². The molecule has 2 aliphatic rings. The van der Waals surface area contributed by atoms with Crippen LogP contribution < -0.4 is 5.32 Å². The van der Waals surface area contributed by atoms with Crippen LogP contribution >= 0.6 is 0 Å². The Morgan fingerprint density at radius 2 is 1.96 bits per heavy atom. The highest BCUT2D eigenvalue weighted by molar-refractivity contribution is 6.40. The molecule has 7 heteroatoms. The Morgan fingerprint density at radius 1 is 1.22 bits per heavy atom. The highest BCUT2D eigenvalue weighted by Crippen LogP contribution is 2.42. The van der Waals surface area contributed by atoms with Crippen LogP contribution in [-0.4, -0.2) is 40.4 Å². The van der Waals surface area contributed by atoms with Crippen LogP contribution in [0.15, 0.2) is 24.3 Å². The zero-order valence-electron chi connectivity index (χ0n) is 12.4. The summed E-state index contributed by atoms with van der Waals surface area (Å²) in [5.74, 6) is -3.65. The Labute approximate surface area is 132 Å². The Balaban J connectivity index is 1.75. The third-order valence-corrected chi connectivity index (χ3v) is 4.72. The molecule has 122 valence electrons. The van der Waals surface area contributed by atoms with Crippen LogP contribution in [0.2, 0.25) is 0 Å². The van der Waals surface area contributed by atoms with Gasteiger partial charge in [0.25, 0.3) is 0 Å². The van der Waals surface area contributed by atoms with E-state index in [4.69, 9.17) is 0 Å². The number of para-hydroxylation sites is 1. The lowest BCUT2D eigenvalue weighted by molar-refractivity contribution is -0.152. The summed E-state index contributed by atoms with van der Waals surface area (Å²) in [6, 6.07) is 4.54. The predicted molar refractivity (Wildman–Crippen MR) is 79.0 cm³/mol. The van der Waals surface area contributed by atoms with Gasteiger partial charge in [0, 0.05) is 6.54 Å². The molecular weight excluding hydrogens is 303 g/mol. The summed E-state index contributed by atoms with van der Waals surface area (Å²) in [5, 5.41) is 11.6. The number of nitrogens with one attached hydrogen (secondary N) is 1. The fourth-order valence-corrected chi connectivity index (χ4v) is 3.70. The monoisotopic (exact) mass is 320 g/mol. The second kappa shape index (κ2) is 5.98. The van der Waals surface area contributed by atoms with Gasteiger partial charge >= 0.3 is 17.8 Å². The normalized spacial score (nSPS) is 26.0. The lowest BCUT2D eigenvalue weighted by Gasteiger charge is -2.23. The standard InChI is InChI=1S/C16H17FN2O4/c17-11-6-1-2-7-12(11)18-14(20)15(21)19-8-9-4-3-5-10(9)13(19)16(22)23/h1-2,6-7,9-10,13H,3-5,8H2,(H,18,20)(H,22,23). The van der Waals surface area contributed by atoms with Crippen molar-refractivity contribution in [2.45, 2.75) is 25.3 Å². The van der Waals surface area contributed by atoms with Gasteiger partial charge in [-0.3, -0.25) is 9.59 Å². The molecule has 3 unspecified atom stereocenters. The first kappa shape index (κ1) is 15.5. The first-order chi connectivity index (χ1) is 11.0. The van der Waals surface area contributed by atoms with E-state index in [0.717, 1.165) is 24.2 Å². The van der Waals surface area contributed by atoms with Crippen LogP contribution in [0.4, 0.5) is 10.1 Å². The van der Waals surface area contributed by atoms with Crippen molar-refractivity contribution in [1.29, 1.82) is 0 Å². The number of carbonyl (C=O) groups excluding carboxylic acids is 2.